The Hall–Kier alpha value is -2.55. The summed E-state index contributed by atoms with van der Waals surface area (Å²) in [5.74, 6) is -0.364. The summed E-state index contributed by atoms with van der Waals surface area (Å²) in [6.07, 6.45) is 4.43. The molecule has 0 spiro atoms. The number of hydrogen-bond acceptors (Lipinski definition) is 6. The van der Waals surface area contributed by atoms with Crippen LogP contribution in [0, 0.1) is 10.1 Å². The minimum Gasteiger partial charge on any atom is -0.458 e. The van der Waals surface area contributed by atoms with Crippen molar-refractivity contribution in [1.82, 2.24) is 14.9 Å². The van der Waals surface area contributed by atoms with E-state index in [-0.39, 0.29) is 29.3 Å². The molecule has 0 aliphatic carbocycles. The SMILES string of the molecule is O=C(c1ccccc1[N+](=O)[O-])N1CCCC(Oc2ncc(Br)cn2)C1. The van der Waals surface area contributed by atoms with Crippen LogP contribution in [0.15, 0.2) is 41.1 Å². The maximum absolute atomic E-state index is 12.7. The van der Waals surface area contributed by atoms with E-state index in [2.05, 4.69) is 25.9 Å². The van der Waals surface area contributed by atoms with Crippen molar-refractivity contribution >= 4 is 27.5 Å². The van der Waals surface area contributed by atoms with Gasteiger partial charge in [-0.15, -0.1) is 0 Å². The average Bonchev–Trinajstić information content (AvgIpc) is 2.63. The lowest BCUT2D eigenvalue weighted by molar-refractivity contribution is -0.385. The fraction of sp³-hybridized carbons (Fsp3) is 0.312. The number of likely N-dealkylation sites (tertiary alicyclic amines) is 1. The van der Waals surface area contributed by atoms with Gasteiger partial charge in [0.1, 0.15) is 11.7 Å². The quantitative estimate of drug-likeness (QED) is 0.571. The molecule has 8 nitrogen and oxygen atoms in total. The highest BCUT2D eigenvalue weighted by Crippen LogP contribution is 2.23. The molecule has 0 saturated carbocycles. The molecule has 0 radical (unpaired) electrons. The number of nitrogens with zero attached hydrogens (tertiary/aromatic N) is 4. The third-order valence-corrected chi connectivity index (χ3v) is 4.27. The number of rotatable bonds is 4. The Kier molecular flexibility index (Phi) is 5.22. The van der Waals surface area contributed by atoms with Crippen molar-refractivity contribution in [2.45, 2.75) is 18.9 Å². The molecule has 130 valence electrons. The van der Waals surface area contributed by atoms with Gasteiger partial charge >= 0.3 is 6.01 Å². The molecular formula is C16H15BrN4O4. The maximum atomic E-state index is 12.7. The van der Waals surface area contributed by atoms with Crippen molar-refractivity contribution in [3.8, 4) is 6.01 Å². The number of piperidine rings is 1. The van der Waals surface area contributed by atoms with Gasteiger partial charge in [0.05, 0.1) is 15.9 Å². The lowest BCUT2D eigenvalue weighted by Gasteiger charge is -2.32. The number of halogens is 1. The lowest BCUT2D eigenvalue weighted by Crippen LogP contribution is -2.44. The molecule has 2 heterocycles. The minimum absolute atomic E-state index is 0.0908. The summed E-state index contributed by atoms with van der Waals surface area (Å²) in [6.45, 7) is 0.871. The molecular weight excluding hydrogens is 392 g/mol. The van der Waals surface area contributed by atoms with Crippen molar-refractivity contribution in [2.75, 3.05) is 13.1 Å². The van der Waals surface area contributed by atoms with E-state index in [1.54, 1.807) is 29.4 Å². The number of aromatic nitrogens is 2. The fourth-order valence-corrected chi connectivity index (χ4v) is 2.92. The molecule has 1 saturated heterocycles. The number of ether oxygens (including phenoxy) is 1. The third-order valence-electron chi connectivity index (χ3n) is 3.87. The van der Waals surface area contributed by atoms with Gasteiger partial charge in [-0.2, -0.15) is 0 Å². The average molecular weight is 407 g/mol. The molecule has 0 N–H and O–H groups in total. The van der Waals surface area contributed by atoms with E-state index in [9.17, 15) is 14.9 Å². The number of benzene rings is 1. The molecule has 25 heavy (non-hydrogen) atoms. The Morgan fingerprint density at radius 3 is 2.76 bits per heavy atom. The Bertz CT molecular complexity index is 784. The predicted molar refractivity (Wildman–Crippen MR) is 92.4 cm³/mol. The Balaban J connectivity index is 1.72. The van der Waals surface area contributed by atoms with E-state index in [1.165, 1.54) is 12.1 Å². The summed E-state index contributed by atoms with van der Waals surface area (Å²) >= 11 is 3.26. The molecule has 1 aromatic carbocycles. The largest absolute Gasteiger partial charge is 0.458 e. The molecule has 1 fully saturated rings. The van der Waals surface area contributed by atoms with Crippen LogP contribution in [0.1, 0.15) is 23.2 Å². The first-order valence-corrected chi connectivity index (χ1v) is 8.51. The van der Waals surface area contributed by atoms with Crippen molar-refractivity contribution in [1.29, 1.82) is 0 Å². The van der Waals surface area contributed by atoms with E-state index in [0.717, 1.165) is 17.3 Å². The molecule has 1 aromatic heterocycles. The summed E-state index contributed by atoms with van der Waals surface area (Å²) in [4.78, 5) is 33.0. The highest BCUT2D eigenvalue weighted by atomic mass is 79.9. The third kappa shape index (κ3) is 4.11. The zero-order chi connectivity index (χ0) is 17.8. The number of para-hydroxylation sites is 1. The maximum Gasteiger partial charge on any atom is 0.316 e. The van der Waals surface area contributed by atoms with E-state index in [0.29, 0.717) is 13.1 Å². The number of hydrogen-bond donors (Lipinski definition) is 0. The summed E-state index contributed by atoms with van der Waals surface area (Å²) in [5.41, 5.74) is -0.0974. The van der Waals surface area contributed by atoms with Crippen LogP contribution in [-0.4, -0.2) is 44.9 Å². The van der Waals surface area contributed by atoms with E-state index < -0.39 is 4.92 Å². The number of nitro groups is 1. The van der Waals surface area contributed by atoms with Gasteiger partial charge in [0, 0.05) is 25.0 Å². The molecule has 0 bridgehead atoms. The van der Waals surface area contributed by atoms with E-state index in [1.807, 2.05) is 0 Å². The molecule has 1 unspecified atom stereocenters. The first kappa shape index (κ1) is 17.3. The van der Waals surface area contributed by atoms with E-state index >= 15 is 0 Å². The molecule has 9 heteroatoms. The molecule has 2 aromatic rings. The fourth-order valence-electron chi connectivity index (χ4n) is 2.71. The van der Waals surface area contributed by atoms with Crippen LogP contribution in [0.25, 0.3) is 0 Å². The van der Waals surface area contributed by atoms with Crippen LogP contribution in [0.3, 0.4) is 0 Å². The van der Waals surface area contributed by atoms with Crippen molar-refractivity contribution in [2.24, 2.45) is 0 Å². The zero-order valence-electron chi connectivity index (χ0n) is 13.2. The van der Waals surface area contributed by atoms with E-state index in [4.69, 9.17) is 4.74 Å². The second-order valence-corrected chi connectivity index (χ2v) is 6.51. The molecule has 3 rings (SSSR count). The van der Waals surface area contributed by atoms with Crippen LogP contribution in [0.4, 0.5) is 5.69 Å². The molecule has 1 aliphatic rings. The molecule has 1 atom stereocenters. The first-order chi connectivity index (χ1) is 12.0. The van der Waals surface area contributed by atoms with Gasteiger partial charge in [-0.3, -0.25) is 14.9 Å². The number of carbonyl (C=O) groups is 1. The van der Waals surface area contributed by atoms with Crippen LogP contribution >= 0.6 is 15.9 Å². The van der Waals surface area contributed by atoms with Gasteiger partial charge in [-0.1, -0.05) is 12.1 Å². The molecule has 1 aliphatic heterocycles. The summed E-state index contributed by atoms with van der Waals surface area (Å²) in [7, 11) is 0. The predicted octanol–water partition coefficient (Wildman–Crippen LogP) is 2.83. The smallest absolute Gasteiger partial charge is 0.316 e. The van der Waals surface area contributed by atoms with Crippen molar-refractivity contribution < 1.29 is 14.5 Å². The number of carbonyl (C=O) groups excluding carboxylic acids is 1. The normalized spacial score (nSPS) is 17.2. The van der Waals surface area contributed by atoms with Crippen molar-refractivity contribution in [3.63, 3.8) is 0 Å². The van der Waals surface area contributed by atoms with Crippen LogP contribution in [0.2, 0.25) is 0 Å². The Labute approximate surface area is 152 Å². The second kappa shape index (κ2) is 7.56. The van der Waals surface area contributed by atoms with Gasteiger partial charge in [-0.25, -0.2) is 9.97 Å². The van der Waals surface area contributed by atoms with Crippen LogP contribution in [0.5, 0.6) is 6.01 Å². The van der Waals surface area contributed by atoms with Crippen LogP contribution < -0.4 is 4.74 Å². The number of nitro benzene ring substituents is 1. The summed E-state index contributed by atoms with van der Waals surface area (Å²) in [5, 5.41) is 11.1. The van der Waals surface area contributed by atoms with Gasteiger partial charge in [0.25, 0.3) is 11.6 Å². The van der Waals surface area contributed by atoms with Gasteiger partial charge in [0.15, 0.2) is 0 Å². The van der Waals surface area contributed by atoms with Crippen LogP contribution in [-0.2, 0) is 0 Å². The van der Waals surface area contributed by atoms with Crippen molar-refractivity contribution in [3.05, 3.63) is 56.8 Å². The molecule has 1 amide bonds. The first-order valence-electron chi connectivity index (χ1n) is 7.71. The van der Waals surface area contributed by atoms with Gasteiger partial charge in [-0.05, 0) is 34.8 Å². The summed E-state index contributed by atoms with van der Waals surface area (Å²) in [6, 6.07) is 6.22. The summed E-state index contributed by atoms with van der Waals surface area (Å²) < 4.78 is 6.48. The minimum atomic E-state index is -0.541. The Morgan fingerprint density at radius 2 is 2.04 bits per heavy atom. The highest BCUT2D eigenvalue weighted by molar-refractivity contribution is 9.10. The monoisotopic (exact) mass is 406 g/mol. The van der Waals surface area contributed by atoms with Gasteiger partial charge in [0.2, 0.25) is 0 Å². The highest BCUT2D eigenvalue weighted by Gasteiger charge is 2.29. The second-order valence-electron chi connectivity index (χ2n) is 5.59. The Morgan fingerprint density at radius 1 is 1.32 bits per heavy atom. The topological polar surface area (TPSA) is 98.5 Å². The zero-order valence-corrected chi connectivity index (χ0v) is 14.8. The van der Waals surface area contributed by atoms with Gasteiger partial charge < -0.3 is 9.64 Å². The lowest BCUT2D eigenvalue weighted by atomic mass is 10.1. The number of amides is 1. The standard InChI is InChI=1S/C16H15BrN4O4/c17-11-8-18-16(19-9-11)25-12-4-3-7-20(10-12)15(22)13-5-1-2-6-14(13)21(23)24/h1-2,5-6,8-9,12H,3-4,7,10H2.